The van der Waals surface area contributed by atoms with Gasteiger partial charge < -0.3 is 15.2 Å². The molecular formula is C20H25N3O3. The molecule has 2 aliphatic rings. The zero-order valence-corrected chi connectivity index (χ0v) is 15.0. The number of nitrogens with zero attached hydrogens (tertiary/aromatic N) is 2. The fourth-order valence-electron chi connectivity index (χ4n) is 3.86. The average molecular weight is 355 g/mol. The first-order valence-corrected chi connectivity index (χ1v) is 9.31. The molecule has 2 heterocycles. The molecular weight excluding hydrogens is 330 g/mol. The summed E-state index contributed by atoms with van der Waals surface area (Å²) in [4.78, 5) is 12.6. The second kappa shape index (κ2) is 7.11. The van der Waals surface area contributed by atoms with Crippen molar-refractivity contribution in [1.29, 1.82) is 0 Å². The second-order valence-electron chi connectivity index (χ2n) is 7.34. The predicted molar refractivity (Wildman–Crippen MR) is 96.8 cm³/mol. The van der Waals surface area contributed by atoms with Crippen LogP contribution in [0.25, 0.3) is 0 Å². The van der Waals surface area contributed by atoms with Gasteiger partial charge in [-0.05, 0) is 55.0 Å². The van der Waals surface area contributed by atoms with E-state index in [0.29, 0.717) is 13.0 Å². The van der Waals surface area contributed by atoms with Crippen LogP contribution in [-0.2, 0) is 17.8 Å². The summed E-state index contributed by atoms with van der Waals surface area (Å²) in [6.45, 7) is 3.28. The van der Waals surface area contributed by atoms with Crippen LogP contribution in [0, 0.1) is 12.8 Å². The number of carbonyl (C=O) groups is 1. The Hall–Kier alpha value is -2.34. The van der Waals surface area contributed by atoms with Crippen molar-refractivity contribution in [2.45, 2.75) is 51.3 Å². The molecule has 138 valence electrons. The van der Waals surface area contributed by atoms with Crippen molar-refractivity contribution in [3.63, 3.8) is 0 Å². The maximum Gasteiger partial charge on any atom is 0.222 e. The Morgan fingerprint density at radius 1 is 1.42 bits per heavy atom. The highest BCUT2D eigenvalue weighted by molar-refractivity contribution is 5.76. The van der Waals surface area contributed by atoms with Gasteiger partial charge in [0.2, 0.25) is 5.91 Å². The number of benzene rings is 1. The molecule has 26 heavy (non-hydrogen) atoms. The van der Waals surface area contributed by atoms with E-state index < -0.39 is 0 Å². The number of rotatable bonds is 6. The molecule has 1 aromatic carbocycles. The monoisotopic (exact) mass is 355 g/mol. The standard InChI is InChI=1S/C20H25N3O3/c1-13-4-7-21-23(13)8-5-19(25)22-20(16-11-17(24)12-16)15-2-3-18-14(10-15)6-9-26-18/h2-4,7,10,16-17,20,24H,5-6,8-9,11-12H2,1H3,(H,22,25). The number of hydrogen-bond donors (Lipinski definition) is 2. The summed E-state index contributed by atoms with van der Waals surface area (Å²) in [6, 6.07) is 8.06. The minimum Gasteiger partial charge on any atom is -0.493 e. The number of amides is 1. The molecule has 2 aromatic rings. The van der Waals surface area contributed by atoms with E-state index in [1.165, 1.54) is 5.56 Å². The topological polar surface area (TPSA) is 76.4 Å². The van der Waals surface area contributed by atoms with E-state index in [-0.39, 0.29) is 24.0 Å². The third-order valence-corrected chi connectivity index (χ3v) is 5.49. The van der Waals surface area contributed by atoms with Gasteiger partial charge >= 0.3 is 0 Å². The summed E-state index contributed by atoms with van der Waals surface area (Å²) in [5.41, 5.74) is 3.36. The smallest absolute Gasteiger partial charge is 0.222 e. The molecule has 1 amide bonds. The number of aliphatic hydroxyl groups excluding tert-OH is 1. The van der Waals surface area contributed by atoms with Crippen molar-refractivity contribution < 1.29 is 14.6 Å². The summed E-state index contributed by atoms with van der Waals surface area (Å²) in [5, 5.41) is 17.1. The molecule has 2 N–H and O–H groups in total. The van der Waals surface area contributed by atoms with E-state index in [2.05, 4.69) is 16.5 Å². The second-order valence-corrected chi connectivity index (χ2v) is 7.34. The Bertz CT molecular complexity index is 795. The largest absolute Gasteiger partial charge is 0.493 e. The van der Waals surface area contributed by atoms with Gasteiger partial charge in [-0.1, -0.05) is 6.07 Å². The molecule has 6 nitrogen and oxygen atoms in total. The van der Waals surface area contributed by atoms with E-state index in [1.807, 2.05) is 29.8 Å². The molecule has 6 heteroatoms. The van der Waals surface area contributed by atoms with Crippen LogP contribution in [0.4, 0.5) is 0 Å². The molecule has 1 unspecified atom stereocenters. The Labute approximate surface area is 153 Å². The van der Waals surface area contributed by atoms with Crippen molar-refractivity contribution in [2.75, 3.05) is 6.61 Å². The van der Waals surface area contributed by atoms with Gasteiger partial charge in [0.25, 0.3) is 0 Å². The maximum atomic E-state index is 12.6. The lowest BCUT2D eigenvalue weighted by molar-refractivity contribution is -0.123. The predicted octanol–water partition coefficient (Wildman–Crippen LogP) is 2.14. The molecule has 1 atom stereocenters. The van der Waals surface area contributed by atoms with Crippen LogP contribution in [0.15, 0.2) is 30.5 Å². The van der Waals surface area contributed by atoms with Crippen molar-refractivity contribution in [1.82, 2.24) is 15.1 Å². The third-order valence-electron chi connectivity index (χ3n) is 5.49. The number of aliphatic hydroxyl groups is 1. The number of carbonyl (C=O) groups excluding carboxylic acids is 1. The van der Waals surface area contributed by atoms with Gasteiger partial charge in [-0.2, -0.15) is 5.10 Å². The molecule has 0 saturated heterocycles. The molecule has 0 bridgehead atoms. The molecule has 0 radical (unpaired) electrons. The molecule has 1 fully saturated rings. The zero-order valence-electron chi connectivity index (χ0n) is 15.0. The van der Waals surface area contributed by atoms with Crippen molar-refractivity contribution in [3.8, 4) is 5.75 Å². The summed E-state index contributed by atoms with van der Waals surface area (Å²) >= 11 is 0. The maximum absolute atomic E-state index is 12.6. The zero-order chi connectivity index (χ0) is 18.1. The third kappa shape index (κ3) is 3.46. The van der Waals surface area contributed by atoms with Gasteiger partial charge in [0.05, 0.1) is 18.8 Å². The van der Waals surface area contributed by atoms with Crippen LogP contribution in [0.1, 0.15) is 42.1 Å². The first-order valence-electron chi connectivity index (χ1n) is 9.31. The van der Waals surface area contributed by atoms with Crippen LogP contribution in [0.2, 0.25) is 0 Å². The highest BCUT2D eigenvalue weighted by Crippen LogP contribution is 2.39. The highest BCUT2D eigenvalue weighted by Gasteiger charge is 2.36. The Balaban J connectivity index is 1.45. The average Bonchev–Trinajstić information content (AvgIpc) is 3.23. The van der Waals surface area contributed by atoms with E-state index in [0.717, 1.165) is 42.9 Å². The van der Waals surface area contributed by atoms with Crippen LogP contribution in [0.3, 0.4) is 0 Å². The van der Waals surface area contributed by atoms with Gasteiger partial charge in [-0.15, -0.1) is 0 Å². The normalized spacial score (nSPS) is 22.2. The SMILES string of the molecule is Cc1ccnn1CCC(=O)NC(c1ccc2c(c1)CCO2)C1CC(O)C1. The number of nitrogens with one attached hydrogen (secondary N) is 1. The number of fused-ring (bicyclic) bond motifs is 1. The summed E-state index contributed by atoms with van der Waals surface area (Å²) < 4.78 is 7.43. The van der Waals surface area contributed by atoms with Gasteiger partial charge in [0.1, 0.15) is 5.75 Å². The fourth-order valence-corrected chi connectivity index (χ4v) is 3.86. The van der Waals surface area contributed by atoms with Crippen LogP contribution in [0.5, 0.6) is 5.75 Å². The summed E-state index contributed by atoms with van der Waals surface area (Å²) in [5.74, 6) is 1.24. The number of aromatic nitrogens is 2. The Morgan fingerprint density at radius 2 is 2.27 bits per heavy atom. The molecule has 1 aromatic heterocycles. The molecule has 1 aliphatic heterocycles. The fraction of sp³-hybridized carbons (Fsp3) is 0.500. The van der Waals surface area contributed by atoms with Crippen LogP contribution in [-0.4, -0.2) is 33.5 Å². The van der Waals surface area contributed by atoms with Crippen LogP contribution >= 0.6 is 0 Å². The van der Waals surface area contributed by atoms with Gasteiger partial charge in [-0.3, -0.25) is 9.48 Å². The van der Waals surface area contributed by atoms with E-state index in [9.17, 15) is 9.90 Å². The van der Waals surface area contributed by atoms with Crippen molar-refractivity contribution in [2.24, 2.45) is 5.92 Å². The Kier molecular flexibility index (Phi) is 4.68. The lowest BCUT2D eigenvalue weighted by Crippen LogP contribution is -2.41. The minimum atomic E-state index is -0.246. The molecule has 4 rings (SSSR count). The minimum absolute atomic E-state index is 0.0167. The van der Waals surface area contributed by atoms with E-state index in [1.54, 1.807) is 6.20 Å². The lowest BCUT2D eigenvalue weighted by atomic mass is 9.75. The van der Waals surface area contributed by atoms with Crippen molar-refractivity contribution >= 4 is 5.91 Å². The van der Waals surface area contributed by atoms with E-state index >= 15 is 0 Å². The van der Waals surface area contributed by atoms with Crippen molar-refractivity contribution in [3.05, 3.63) is 47.3 Å². The number of hydrogen-bond acceptors (Lipinski definition) is 4. The summed E-state index contributed by atoms with van der Waals surface area (Å²) in [6.07, 6.45) is 4.27. The first kappa shape index (κ1) is 17.1. The highest BCUT2D eigenvalue weighted by atomic mass is 16.5. The quantitative estimate of drug-likeness (QED) is 0.832. The molecule has 1 aliphatic carbocycles. The molecule has 0 spiro atoms. The number of ether oxygens (including phenoxy) is 1. The van der Waals surface area contributed by atoms with Gasteiger partial charge in [0.15, 0.2) is 0 Å². The van der Waals surface area contributed by atoms with Gasteiger partial charge in [-0.25, -0.2) is 0 Å². The molecule has 1 saturated carbocycles. The summed E-state index contributed by atoms with van der Waals surface area (Å²) in [7, 11) is 0. The van der Waals surface area contributed by atoms with E-state index in [4.69, 9.17) is 4.74 Å². The van der Waals surface area contributed by atoms with Crippen LogP contribution < -0.4 is 10.1 Å². The lowest BCUT2D eigenvalue weighted by Gasteiger charge is -2.38. The Morgan fingerprint density at radius 3 is 3.00 bits per heavy atom. The first-order chi connectivity index (χ1) is 12.6. The number of aryl methyl sites for hydroxylation is 2. The van der Waals surface area contributed by atoms with Gasteiger partial charge in [0, 0.05) is 31.3 Å².